The first-order valence-corrected chi connectivity index (χ1v) is 7.95. The van der Waals surface area contributed by atoms with Crippen LogP contribution in [0.15, 0.2) is 30.3 Å². The van der Waals surface area contributed by atoms with Gasteiger partial charge in [0.2, 0.25) is 5.92 Å². The smallest absolute Gasteiger partial charge is 0.343 e. The fourth-order valence-electron chi connectivity index (χ4n) is 3.29. The number of esters is 1. The molecule has 0 aromatic heterocycles. The van der Waals surface area contributed by atoms with Gasteiger partial charge in [0.25, 0.3) is 0 Å². The Balaban J connectivity index is 1.82. The number of halogens is 2. The molecule has 3 rings (SSSR count). The van der Waals surface area contributed by atoms with Gasteiger partial charge in [-0.25, -0.2) is 13.6 Å². The van der Waals surface area contributed by atoms with E-state index in [2.05, 4.69) is 5.32 Å². The van der Waals surface area contributed by atoms with Crippen LogP contribution in [0.1, 0.15) is 24.8 Å². The molecule has 1 aromatic carbocycles. The van der Waals surface area contributed by atoms with Crippen molar-refractivity contribution in [2.75, 3.05) is 19.7 Å². The van der Waals surface area contributed by atoms with E-state index in [4.69, 9.17) is 4.74 Å². The lowest BCUT2D eigenvalue weighted by molar-refractivity contribution is -0.176. The van der Waals surface area contributed by atoms with Gasteiger partial charge in [-0.2, -0.15) is 0 Å². The van der Waals surface area contributed by atoms with Gasteiger partial charge in [0.1, 0.15) is 0 Å². The molecule has 2 atom stereocenters. The van der Waals surface area contributed by atoms with Crippen molar-refractivity contribution >= 4 is 5.97 Å². The summed E-state index contributed by atoms with van der Waals surface area (Å²) in [7, 11) is 0. The summed E-state index contributed by atoms with van der Waals surface area (Å²) in [6.07, 6.45) is -0.719. The van der Waals surface area contributed by atoms with Gasteiger partial charge in [0.05, 0.1) is 6.61 Å². The van der Waals surface area contributed by atoms with Crippen LogP contribution in [0.4, 0.5) is 8.78 Å². The Morgan fingerprint density at radius 2 is 2.04 bits per heavy atom. The lowest BCUT2D eigenvalue weighted by atomic mass is 9.80. The number of aliphatic hydroxyl groups is 1. The average molecular weight is 325 g/mol. The predicted molar refractivity (Wildman–Crippen MR) is 79.9 cm³/mol. The highest BCUT2D eigenvalue weighted by Crippen LogP contribution is 2.47. The molecule has 4 nitrogen and oxygen atoms in total. The number of carbonyl (C=O) groups is 1. The quantitative estimate of drug-likeness (QED) is 0.814. The van der Waals surface area contributed by atoms with Crippen LogP contribution in [-0.4, -0.2) is 36.7 Å². The summed E-state index contributed by atoms with van der Waals surface area (Å²) in [4.78, 5) is 12.6. The van der Waals surface area contributed by atoms with E-state index >= 15 is 0 Å². The minimum Gasteiger partial charge on any atom is -0.463 e. The van der Waals surface area contributed by atoms with Gasteiger partial charge < -0.3 is 15.2 Å². The molecule has 2 N–H and O–H groups in total. The van der Waals surface area contributed by atoms with Crippen LogP contribution in [0.5, 0.6) is 0 Å². The fraction of sp³-hybridized carbons (Fsp3) is 0.588. The fourth-order valence-corrected chi connectivity index (χ4v) is 3.29. The van der Waals surface area contributed by atoms with E-state index in [1.807, 2.05) is 0 Å². The molecule has 0 radical (unpaired) electrons. The molecule has 126 valence electrons. The lowest BCUT2D eigenvalue weighted by Gasteiger charge is -2.34. The molecule has 1 heterocycles. The van der Waals surface area contributed by atoms with Gasteiger partial charge in [-0.15, -0.1) is 0 Å². The van der Waals surface area contributed by atoms with Gasteiger partial charge in [-0.05, 0) is 12.0 Å². The average Bonchev–Trinajstić information content (AvgIpc) is 2.86. The Labute approximate surface area is 133 Å². The summed E-state index contributed by atoms with van der Waals surface area (Å²) in [6, 6.07) is 8.27. The van der Waals surface area contributed by atoms with Crippen LogP contribution in [0.25, 0.3) is 0 Å². The van der Waals surface area contributed by atoms with Gasteiger partial charge >= 0.3 is 5.97 Å². The Bertz CT molecular complexity index is 562. The standard InChI is InChI=1S/C17H21F2NO3/c18-16(19)7-6-14(8-16)17(22,13-4-2-1-3-5-13)15(21)23-11-12-9-20-10-12/h1-5,12,14,20,22H,6-11H2. The highest BCUT2D eigenvalue weighted by Gasteiger charge is 2.54. The topological polar surface area (TPSA) is 58.6 Å². The summed E-state index contributed by atoms with van der Waals surface area (Å²) in [5, 5.41) is 14.1. The molecule has 1 aliphatic carbocycles. The van der Waals surface area contributed by atoms with Gasteiger partial charge in [-0.1, -0.05) is 30.3 Å². The third-order valence-corrected chi connectivity index (χ3v) is 4.84. The number of ether oxygens (including phenoxy) is 1. The molecule has 6 heteroatoms. The number of hydrogen-bond donors (Lipinski definition) is 2. The Hall–Kier alpha value is -1.53. The molecular formula is C17H21F2NO3. The molecule has 0 bridgehead atoms. The molecular weight excluding hydrogens is 304 g/mol. The monoisotopic (exact) mass is 325 g/mol. The zero-order valence-electron chi connectivity index (χ0n) is 12.8. The maximum Gasteiger partial charge on any atom is 0.343 e. The SMILES string of the molecule is O=C(OCC1CNC1)C(O)(c1ccccc1)C1CCC(F)(F)C1. The zero-order chi connectivity index (χ0) is 16.5. The molecule has 23 heavy (non-hydrogen) atoms. The lowest BCUT2D eigenvalue weighted by Crippen LogP contribution is -2.48. The van der Waals surface area contributed by atoms with Crippen molar-refractivity contribution in [3.05, 3.63) is 35.9 Å². The molecule has 1 aliphatic heterocycles. The van der Waals surface area contributed by atoms with Crippen LogP contribution >= 0.6 is 0 Å². The molecule has 2 fully saturated rings. The second-order valence-electron chi connectivity index (χ2n) is 6.55. The van der Waals surface area contributed by atoms with Gasteiger partial charge in [-0.3, -0.25) is 0 Å². The van der Waals surface area contributed by atoms with Crippen molar-refractivity contribution in [1.82, 2.24) is 5.32 Å². The largest absolute Gasteiger partial charge is 0.463 e. The van der Waals surface area contributed by atoms with Crippen molar-refractivity contribution < 1.29 is 23.4 Å². The number of hydrogen-bond acceptors (Lipinski definition) is 4. The Kier molecular flexibility index (Phi) is 4.38. The summed E-state index contributed by atoms with van der Waals surface area (Å²) in [5.74, 6) is -4.28. The predicted octanol–water partition coefficient (Wildman–Crippen LogP) is 2.07. The van der Waals surface area contributed by atoms with Crippen LogP contribution in [0, 0.1) is 11.8 Å². The van der Waals surface area contributed by atoms with Crippen LogP contribution in [0.3, 0.4) is 0 Å². The Morgan fingerprint density at radius 1 is 1.35 bits per heavy atom. The van der Waals surface area contributed by atoms with Crippen LogP contribution in [-0.2, 0) is 15.1 Å². The van der Waals surface area contributed by atoms with E-state index in [9.17, 15) is 18.7 Å². The number of benzene rings is 1. The Morgan fingerprint density at radius 3 is 2.57 bits per heavy atom. The molecule has 1 saturated carbocycles. The van der Waals surface area contributed by atoms with Crippen molar-refractivity contribution in [2.24, 2.45) is 11.8 Å². The molecule has 0 amide bonds. The van der Waals surface area contributed by atoms with Crippen molar-refractivity contribution in [3.8, 4) is 0 Å². The van der Waals surface area contributed by atoms with E-state index in [1.54, 1.807) is 30.3 Å². The first-order chi connectivity index (χ1) is 10.9. The van der Waals surface area contributed by atoms with E-state index in [0.717, 1.165) is 13.1 Å². The highest BCUT2D eigenvalue weighted by atomic mass is 19.3. The summed E-state index contributed by atoms with van der Waals surface area (Å²) in [6.45, 7) is 1.72. The summed E-state index contributed by atoms with van der Waals surface area (Å²) in [5.41, 5.74) is -1.70. The van der Waals surface area contributed by atoms with E-state index in [0.29, 0.717) is 5.56 Å². The van der Waals surface area contributed by atoms with E-state index < -0.39 is 29.8 Å². The summed E-state index contributed by atoms with van der Waals surface area (Å²) < 4.78 is 32.5. The third-order valence-electron chi connectivity index (χ3n) is 4.84. The molecule has 2 aliphatic rings. The molecule has 0 spiro atoms. The third kappa shape index (κ3) is 3.23. The van der Waals surface area contributed by atoms with Crippen molar-refractivity contribution in [2.45, 2.75) is 30.8 Å². The number of carbonyl (C=O) groups excluding carboxylic acids is 1. The van der Waals surface area contributed by atoms with Crippen LogP contribution in [0.2, 0.25) is 0 Å². The summed E-state index contributed by atoms with van der Waals surface area (Å²) >= 11 is 0. The number of alkyl halides is 2. The number of rotatable bonds is 5. The van der Waals surface area contributed by atoms with E-state index in [-0.39, 0.29) is 25.4 Å². The number of nitrogens with one attached hydrogen (secondary N) is 1. The molecule has 1 aromatic rings. The first-order valence-electron chi connectivity index (χ1n) is 7.95. The minimum absolute atomic E-state index is 0.0957. The van der Waals surface area contributed by atoms with Crippen molar-refractivity contribution in [1.29, 1.82) is 0 Å². The van der Waals surface area contributed by atoms with Gasteiger partial charge in [0, 0.05) is 37.8 Å². The second kappa shape index (κ2) is 6.17. The second-order valence-corrected chi connectivity index (χ2v) is 6.55. The first kappa shape index (κ1) is 16.3. The maximum atomic E-state index is 13.6. The minimum atomic E-state index is -2.84. The molecule has 2 unspecified atom stereocenters. The molecule has 1 saturated heterocycles. The van der Waals surface area contributed by atoms with Gasteiger partial charge in [0.15, 0.2) is 5.60 Å². The zero-order valence-corrected chi connectivity index (χ0v) is 12.8. The van der Waals surface area contributed by atoms with E-state index in [1.165, 1.54) is 0 Å². The van der Waals surface area contributed by atoms with Crippen molar-refractivity contribution in [3.63, 3.8) is 0 Å². The maximum absolute atomic E-state index is 13.6. The normalized spacial score (nSPS) is 26.3. The highest BCUT2D eigenvalue weighted by molar-refractivity contribution is 5.81. The van der Waals surface area contributed by atoms with Crippen LogP contribution < -0.4 is 5.32 Å².